The number of likely N-dealkylation sites (tertiary alicyclic amines) is 1. The van der Waals surface area contributed by atoms with E-state index in [4.69, 9.17) is 14.2 Å². The van der Waals surface area contributed by atoms with Gasteiger partial charge in [-0.2, -0.15) is 0 Å². The van der Waals surface area contributed by atoms with Crippen molar-refractivity contribution in [3.63, 3.8) is 0 Å². The maximum Gasteiger partial charge on any atom is 0.320 e. The predicted molar refractivity (Wildman–Crippen MR) is 70.7 cm³/mol. The second-order valence-corrected chi connectivity index (χ2v) is 6.23. The van der Waals surface area contributed by atoms with Gasteiger partial charge >= 0.3 is 5.97 Å². The molecule has 0 aromatic carbocycles. The fraction of sp³-hybridized carbons (Fsp3) is 0.929. The van der Waals surface area contributed by atoms with Gasteiger partial charge in [-0.15, -0.1) is 0 Å². The van der Waals surface area contributed by atoms with Crippen LogP contribution in [0.25, 0.3) is 0 Å². The summed E-state index contributed by atoms with van der Waals surface area (Å²) in [7, 11) is 0. The minimum atomic E-state index is -0.428. The molecule has 2 heterocycles. The Bertz CT molecular complexity index is 307. The zero-order valence-corrected chi connectivity index (χ0v) is 12.2. The zero-order valence-electron chi connectivity index (χ0n) is 12.2. The van der Waals surface area contributed by atoms with Crippen molar-refractivity contribution in [2.45, 2.75) is 58.0 Å². The van der Waals surface area contributed by atoms with Gasteiger partial charge in [0, 0.05) is 0 Å². The summed E-state index contributed by atoms with van der Waals surface area (Å²) in [4.78, 5) is 14.1. The van der Waals surface area contributed by atoms with Crippen molar-refractivity contribution in [1.29, 1.82) is 0 Å². The highest BCUT2D eigenvalue weighted by atomic mass is 16.7. The first kappa shape index (κ1) is 14.8. The SMILES string of the molecule is CC(C)(C)OC(=O)CN1CCCCC1C1OCCO1. The molecule has 2 fully saturated rings. The van der Waals surface area contributed by atoms with Crippen molar-refractivity contribution < 1.29 is 19.0 Å². The third kappa shape index (κ3) is 4.44. The van der Waals surface area contributed by atoms with E-state index in [1.54, 1.807) is 0 Å². The number of rotatable bonds is 3. The fourth-order valence-corrected chi connectivity index (χ4v) is 2.66. The van der Waals surface area contributed by atoms with Crippen LogP contribution in [0, 0.1) is 0 Å². The lowest BCUT2D eigenvalue weighted by molar-refractivity contribution is -0.161. The van der Waals surface area contributed by atoms with E-state index < -0.39 is 5.60 Å². The maximum atomic E-state index is 11.9. The van der Waals surface area contributed by atoms with Crippen molar-refractivity contribution in [2.75, 3.05) is 26.3 Å². The predicted octanol–water partition coefficient (Wildman–Crippen LogP) is 1.56. The third-order valence-corrected chi connectivity index (χ3v) is 3.38. The Morgan fingerprint density at radius 1 is 1.26 bits per heavy atom. The summed E-state index contributed by atoms with van der Waals surface area (Å²) < 4.78 is 16.6. The summed E-state index contributed by atoms with van der Waals surface area (Å²) in [5.41, 5.74) is -0.428. The standard InChI is InChI=1S/C14H25NO4/c1-14(2,3)19-12(16)10-15-7-5-4-6-11(15)13-17-8-9-18-13/h11,13H,4-10H2,1-3H3. The molecule has 2 rings (SSSR count). The van der Waals surface area contributed by atoms with Gasteiger partial charge in [-0.1, -0.05) is 6.42 Å². The summed E-state index contributed by atoms with van der Waals surface area (Å²) in [6, 6.07) is 0.184. The summed E-state index contributed by atoms with van der Waals surface area (Å²) in [5, 5.41) is 0. The molecular formula is C14H25NO4. The molecule has 0 saturated carbocycles. The molecule has 2 aliphatic heterocycles. The van der Waals surface area contributed by atoms with Gasteiger partial charge in [0.2, 0.25) is 0 Å². The Morgan fingerprint density at radius 2 is 1.95 bits per heavy atom. The largest absolute Gasteiger partial charge is 0.459 e. The zero-order chi connectivity index (χ0) is 13.9. The minimum Gasteiger partial charge on any atom is -0.459 e. The van der Waals surface area contributed by atoms with E-state index in [1.165, 1.54) is 6.42 Å². The Kier molecular flexibility index (Phi) is 4.81. The second kappa shape index (κ2) is 6.20. The van der Waals surface area contributed by atoms with Crippen molar-refractivity contribution in [3.05, 3.63) is 0 Å². The molecule has 0 amide bonds. The summed E-state index contributed by atoms with van der Waals surface area (Å²) in [5.74, 6) is -0.169. The number of ether oxygens (including phenoxy) is 3. The molecule has 0 spiro atoms. The van der Waals surface area contributed by atoms with Crippen LogP contribution in [0.4, 0.5) is 0 Å². The summed E-state index contributed by atoms with van der Waals surface area (Å²) in [6.45, 7) is 8.21. The average Bonchev–Trinajstić information content (AvgIpc) is 2.80. The lowest BCUT2D eigenvalue weighted by Gasteiger charge is -2.37. The van der Waals surface area contributed by atoms with Crippen molar-refractivity contribution in [1.82, 2.24) is 4.90 Å². The van der Waals surface area contributed by atoms with Crippen molar-refractivity contribution >= 4 is 5.97 Å². The van der Waals surface area contributed by atoms with Gasteiger partial charge in [-0.05, 0) is 40.2 Å². The van der Waals surface area contributed by atoms with E-state index in [0.717, 1.165) is 19.4 Å². The minimum absolute atomic E-state index is 0.169. The van der Waals surface area contributed by atoms with Crippen LogP contribution in [0.2, 0.25) is 0 Å². The first-order valence-corrected chi connectivity index (χ1v) is 7.15. The Balaban J connectivity index is 1.90. The topological polar surface area (TPSA) is 48.0 Å². The normalized spacial score (nSPS) is 26.6. The molecular weight excluding hydrogens is 246 g/mol. The smallest absolute Gasteiger partial charge is 0.320 e. The highest BCUT2D eigenvalue weighted by Crippen LogP contribution is 2.24. The van der Waals surface area contributed by atoms with Crippen LogP contribution < -0.4 is 0 Å². The van der Waals surface area contributed by atoms with E-state index in [2.05, 4.69) is 4.90 Å². The molecule has 0 aromatic rings. The Hall–Kier alpha value is -0.650. The number of hydrogen-bond donors (Lipinski definition) is 0. The lowest BCUT2D eigenvalue weighted by atomic mass is 10.0. The highest BCUT2D eigenvalue weighted by Gasteiger charge is 2.35. The molecule has 1 atom stereocenters. The lowest BCUT2D eigenvalue weighted by Crippen LogP contribution is -2.50. The molecule has 5 heteroatoms. The van der Waals surface area contributed by atoms with Gasteiger partial charge in [-0.25, -0.2) is 0 Å². The van der Waals surface area contributed by atoms with Crippen LogP contribution in [-0.4, -0.2) is 55.1 Å². The average molecular weight is 271 g/mol. The van der Waals surface area contributed by atoms with E-state index in [0.29, 0.717) is 19.8 Å². The van der Waals surface area contributed by atoms with Gasteiger partial charge in [0.05, 0.1) is 25.8 Å². The van der Waals surface area contributed by atoms with E-state index in [-0.39, 0.29) is 18.3 Å². The molecule has 19 heavy (non-hydrogen) atoms. The molecule has 110 valence electrons. The first-order valence-electron chi connectivity index (χ1n) is 7.15. The number of hydrogen-bond acceptors (Lipinski definition) is 5. The monoisotopic (exact) mass is 271 g/mol. The van der Waals surface area contributed by atoms with Gasteiger partial charge in [0.25, 0.3) is 0 Å². The van der Waals surface area contributed by atoms with E-state index in [1.807, 2.05) is 20.8 Å². The van der Waals surface area contributed by atoms with Crippen molar-refractivity contribution in [2.24, 2.45) is 0 Å². The number of nitrogens with zero attached hydrogens (tertiary/aromatic N) is 1. The number of piperidine rings is 1. The number of esters is 1. The highest BCUT2D eigenvalue weighted by molar-refractivity contribution is 5.72. The molecule has 1 unspecified atom stereocenters. The van der Waals surface area contributed by atoms with Crippen LogP contribution in [0.3, 0.4) is 0 Å². The Labute approximate surface area is 115 Å². The van der Waals surface area contributed by atoms with Crippen LogP contribution in [0.1, 0.15) is 40.0 Å². The van der Waals surface area contributed by atoms with Crippen LogP contribution in [-0.2, 0) is 19.0 Å². The third-order valence-electron chi connectivity index (χ3n) is 3.38. The van der Waals surface area contributed by atoms with Gasteiger partial charge in [0.15, 0.2) is 6.29 Å². The fourth-order valence-electron chi connectivity index (χ4n) is 2.66. The molecule has 0 N–H and O–H groups in total. The number of carbonyl (C=O) groups excluding carboxylic acids is 1. The molecule has 5 nitrogen and oxygen atoms in total. The van der Waals surface area contributed by atoms with Gasteiger partial charge in [-0.3, -0.25) is 9.69 Å². The summed E-state index contributed by atoms with van der Waals surface area (Å²) in [6.07, 6.45) is 3.13. The maximum absolute atomic E-state index is 11.9. The first-order chi connectivity index (χ1) is 8.96. The van der Waals surface area contributed by atoms with E-state index in [9.17, 15) is 4.79 Å². The Morgan fingerprint density at radius 3 is 2.58 bits per heavy atom. The van der Waals surface area contributed by atoms with Crippen molar-refractivity contribution in [3.8, 4) is 0 Å². The molecule has 0 radical (unpaired) electrons. The molecule has 2 saturated heterocycles. The molecule has 2 aliphatic rings. The molecule has 0 aromatic heterocycles. The molecule has 0 bridgehead atoms. The number of carbonyl (C=O) groups is 1. The quantitative estimate of drug-likeness (QED) is 0.729. The van der Waals surface area contributed by atoms with Crippen LogP contribution in [0.15, 0.2) is 0 Å². The van der Waals surface area contributed by atoms with Crippen LogP contribution in [0.5, 0.6) is 0 Å². The summed E-state index contributed by atoms with van der Waals surface area (Å²) >= 11 is 0. The second-order valence-electron chi connectivity index (χ2n) is 6.23. The van der Waals surface area contributed by atoms with E-state index >= 15 is 0 Å². The van der Waals surface area contributed by atoms with Gasteiger partial charge < -0.3 is 14.2 Å². The van der Waals surface area contributed by atoms with Crippen LogP contribution >= 0.6 is 0 Å². The molecule has 0 aliphatic carbocycles. The van der Waals surface area contributed by atoms with Gasteiger partial charge in [0.1, 0.15) is 5.60 Å².